The van der Waals surface area contributed by atoms with Crippen molar-refractivity contribution in [3.05, 3.63) is 23.2 Å². The van der Waals surface area contributed by atoms with E-state index in [-0.39, 0.29) is 21.6 Å². The molecule has 1 saturated heterocycles. The van der Waals surface area contributed by atoms with Crippen molar-refractivity contribution >= 4 is 27.3 Å². The fourth-order valence-corrected chi connectivity index (χ4v) is 4.66. The SMILES string of the molecule is CCCN1CCC(NS(=O)(=O)c2c(N)cccc2Cl)CC1. The normalized spacial score (nSPS) is 18.0. The summed E-state index contributed by atoms with van der Waals surface area (Å²) in [5.41, 5.74) is 5.94. The van der Waals surface area contributed by atoms with E-state index in [0.717, 1.165) is 38.9 Å². The van der Waals surface area contributed by atoms with Crippen molar-refractivity contribution in [1.82, 2.24) is 9.62 Å². The summed E-state index contributed by atoms with van der Waals surface area (Å²) in [7, 11) is -3.68. The lowest BCUT2D eigenvalue weighted by Gasteiger charge is -2.32. The summed E-state index contributed by atoms with van der Waals surface area (Å²) in [6, 6.07) is 4.67. The molecule has 3 N–H and O–H groups in total. The molecule has 2 rings (SSSR count). The van der Waals surface area contributed by atoms with Crippen LogP contribution in [0.3, 0.4) is 0 Å². The van der Waals surface area contributed by atoms with Crippen molar-refractivity contribution in [2.75, 3.05) is 25.4 Å². The van der Waals surface area contributed by atoms with E-state index in [1.54, 1.807) is 12.1 Å². The van der Waals surface area contributed by atoms with Crippen molar-refractivity contribution in [2.45, 2.75) is 37.1 Å². The molecule has 0 radical (unpaired) electrons. The van der Waals surface area contributed by atoms with Crippen molar-refractivity contribution in [2.24, 2.45) is 0 Å². The van der Waals surface area contributed by atoms with Crippen molar-refractivity contribution in [3.8, 4) is 0 Å². The van der Waals surface area contributed by atoms with Gasteiger partial charge in [0.05, 0.1) is 10.7 Å². The van der Waals surface area contributed by atoms with E-state index < -0.39 is 10.0 Å². The van der Waals surface area contributed by atoms with Gasteiger partial charge in [-0.05, 0) is 51.0 Å². The quantitative estimate of drug-likeness (QED) is 0.810. The molecule has 1 fully saturated rings. The Morgan fingerprint density at radius 2 is 2.05 bits per heavy atom. The molecule has 1 aromatic rings. The lowest BCUT2D eigenvalue weighted by molar-refractivity contribution is 0.208. The van der Waals surface area contributed by atoms with E-state index in [4.69, 9.17) is 17.3 Å². The number of nitrogens with one attached hydrogen (secondary N) is 1. The fraction of sp³-hybridized carbons (Fsp3) is 0.571. The number of hydrogen-bond acceptors (Lipinski definition) is 4. The maximum absolute atomic E-state index is 12.5. The zero-order chi connectivity index (χ0) is 15.5. The average Bonchev–Trinajstić information content (AvgIpc) is 2.40. The van der Waals surface area contributed by atoms with Crippen molar-refractivity contribution in [3.63, 3.8) is 0 Å². The summed E-state index contributed by atoms with van der Waals surface area (Å²) in [6.45, 7) is 5.05. The molecule has 0 aromatic heterocycles. The van der Waals surface area contributed by atoms with Gasteiger partial charge in [0.15, 0.2) is 0 Å². The molecule has 1 aliphatic rings. The third kappa shape index (κ3) is 4.10. The number of nitrogen functional groups attached to an aromatic ring is 1. The molecule has 0 spiro atoms. The van der Waals surface area contributed by atoms with Gasteiger partial charge < -0.3 is 10.6 Å². The molecular weight excluding hydrogens is 310 g/mol. The number of hydrogen-bond donors (Lipinski definition) is 2. The van der Waals surface area contributed by atoms with E-state index in [0.29, 0.717) is 0 Å². The Hall–Kier alpha value is -0.820. The first-order chi connectivity index (χ1) is 9.94. The zero-order valence-electron chi connectivity index (χ0n) is 12.2. The monoisotopic (exact) mass is 331 g/mol. The van der Waals surface area contributed by atoms with E-state index in [9.17, 15) is 8.42 Å². The molecule has 21 heavy (non-hydrogen) atoms. The van der Waals surface area contributed by atoms with Gasteiger partial charge in [0, 0.05) is 6.04 Å². The minimum absolute atomic E-state index is 0.0114. The number of benzene rings is 1. The number of nitrogens with zero attached hydrogens (tertiary/aromatic N) is 1. The molecule has 0 amide bonds. The molecule has 5 nitrogen and oxygen atoms in total. The van der Waals surface area contributed by atoms with Gasteiger partial charge in [-0.15, -0.1) is 0 Å². The fourth-order valence-electron chi connectivity index (χ4n) is 2.68. The topological polar surface area (TPSA) is 75.4 Å². The Balaban J connectivity index is 2.06. The van der Waals surface area contributed by atoms with Crippen LogP contribution in [0.15, 0.2) is 23.1 Å². The van der Waals surface area contributed by atoms with Crippen LogP contribution in [0.2, 0.25) is 5.02 Å². The predicted molar refractivity (Wildman–Crippen MR) is 85.9 cm³/mol. The summed E-state index contributed by atoms with van der Waals surface area (Å²) in [5, 5.41) is 0.158. The second-order valence-electron chi connectivity index (χ2n) is 5.40. The Morgan fingerprint density at radius 1 is 1.38 bits per heavy atom. The Labute approximate surface area is 131 Å². The molecule has 0 aliphatic carbocycles. The highest BCUT2D eigenvalue weighted by Crippen LogP contribution is 2.27. The maximum Gasteiger partial charge on any atom is 0.244 e. The van der Waals surface area contributed by atoms with Crippen LogP contribution in [0, 0.1) is 0 Å². The van der Waals surface area contributed by atoms with E-state index in [1.807, 2.05) is 0 Å². The molecule has 0 atom stereocenters. The van der Waals surface area contributed by atoms with Gasteiger partial charge in [-0.25, -0.2) is 13.1 Å². The average molecular weight is 332 g/mol. The maximum atomic E-state index is 12.5. The molecule has 1 aliphatic heterocycles. The number of nitrogens with two attached hydrogens (primary N) is 1. The van der Waals surface area contributed by atoms with Crippen LogP contribution in [-0.2, 0) is 10.0 Å². The van der Waals surface area contributed by atoms with Crippen LogP contribution in [0.4, 0.5) is 5.69 Å². The molecule has 7 heteroatoms. The van der Waals surface area contributed by atoms with Gasteiger partial charge in [0.1, 0.15) is 4.90 Å². The Morgan fingerprint density at radius 3 is 2.62 bits per heavy atom. The standard InChI is InChI=1S/C14H22ClN3O2S/c1-2-8-18-9-6-11(7-10-18)17-21(19,20)14-12(15)4-3-5-13(14)16/h3-5,11,17H,2,6-10,16H2,1H3. The van der Waals surface area contributed by atoms with Crippen LogP contribution in [-0.4, -0.2) is 39.0 Å². The second-order valence-corrected chi connectivity index (χ2v) is 7.45. The molecule has 0 bridgehead atoms. The van der Waals surface area contributed by atoms with Gasteiger partial charge in [-0.2, -0.15) is 0 Å². The summed E-state index contributed by atoms with van der Waals surface area (Å²) in [6.07, 6.45) is 2.74. The van der Waals surface area contributed by atoms with E-state index >= 15 is 0 Å². The first kappa shape index (κ1) is 16.5. The summed E-state index contributed by atoms with van der Waals surface area (Å²) >= 11 is 5.99. The summed E-state index contributed by atoms with van der Waals surface area (Å²) < 4.78 is 27.7. The Kier molecular flexibility index (Phi) is 5.48. The van der Waals surface area contributed by atoms with Crippen LogP contribution >= 0.6 is 11.6 Å². The highest BCUT2D eigenvalue weighted by atomic mass is 35.5. The van der Waals surface area contributed by atoms with Gasteiger partial charge in [0.25, 0.3) is 0 Å². The number of piperidine rings is 1. The Bertz CT molecular complexity index is 564. The van der Waals surface area contributed by atoms with Crippen LogP contribution in [0.5, 0.6) is 0 Å². The van der Waals surface area contributed by atoms with E-state index in [2.05, 4.69) is 16.5 Å². The molecular formula is C14H22ClN3O2S. The lowest BCUT2D eigenvalue weighted by Crippen LogP contribution is -2.44. The minimum atomic E-state index is -3.68. The lowest BCUT2D eigenvalue weighted by atomic mass is 10.1. The second kappa shape index (κ2) is 6.96. The number of likely N-dealkylation sites (tertiary alicyclic amines) is 1. The van der Waals surface area contributed by atoms with Gasteiger partial charge in [0.2, 0.25) is 10.0 Å². The summed E-state index contributed by atoms with van der Waals surface area (Å²) in [4.78, 5) is 2.34. The zero-order valence-corrected chi connectivity index (χ0v) is 13.8. The van der Waals surface area contributed by atoms with Gasteiger partial charge >= 0.3 is 0 Å². The first-order valence-electron chi connectivity index (χ1n) is 7.22. The number of anilines is 1. The number of rotatable bonds is 5. The highest BCUT2D eigenvalue weighted by molar-refractivity contribution is 7.89. The predicted octanol–water partition coefficient (Wildman–Crippen LogP) is 2.07. The number of halogens is 1. The molecule has 1 aromatic carbocycles. The molecule has 118 valence electrons. The molecule has 0 unspecified atom stereocenters. The van der Waals surface area contributed by atoms with E-state index in [1.165, 1.54) is 6.07 Å². The third-order valence-electron chi connectivity index (χ3n) is 3.72. The van der Waals surface area contributed by atoms with Gasteiger partial charge in [-0.3, -0.25) is 0 Å². The molecule has 0 saturated carbocycles. The largest absolute Gasteiger partial charge is 0.398 e. The third-order valence-corrected chi connectivity index (χ3v) is 5.78. The smallest absolute Gasteiger partial charge is 0.244 e. The summed E-state index contributed by atoms with van der Waals surface area (Å²) in [5.74, 6) is 0. The van der Waals surface area contributed by atoms with Crippen LogP contribution < -0.4 is 10.5 Å². The van der Waals surface area contributed by atoms with Gasteiger partial charge in [-0.1, -0.05) is 24.6 Å². The van der Waals surface area contributed by atoms with Crippen molar-refractivity contribution in [1.29, 1.82) is 0 Å². The first-order valence-corrected chi connectivity index (χ1v) is 9.09. The van der Waals surface area contributed by atoms with Crippen molar-refractivity contribution < 1.29 is 8.42 Å². The highest BCUT2D eigenvalue weighted by Gasteiger charge is 2.27. The molecule has 1 heterocycles. The van der Waals surface area contributed by atoms with Crippen LogP contribution in [0.1, 0.15) is 26.2 Å². The minimum Gasteiger partial charge on any atom is -0.398 e. The van der Waals surface area contributed by atoms with Crippen LogP contribution in [0.25, 0.3) is 0 Å². The number of sulfonamides is 1.